The van der Waals surface area contributed by atoms with Crippen LogP contribution in [-0.2, 0) is 6.18 Å². The summed E-state index contributed by atoms with van der Waals surface area (Å²) in [5, 5.41) is 7.16. The molecule has 1 aromatic heterocycles. The van der Waals surface area contributed by atoms with Gasteiger partial charge < -0.3 is 15.5 Å². The number of nitrogens with one attached hydrogen (secondary N) is 2. The molecular weight excluding hydrogens is 446 g/mol. The quantitative estimate of drug-likeness (QED) is 0.461. The van der Waals surface area contributed by atoms with Crippen molar-refractivity contribution in [2.24, 2.45) is 5.73 Å². The number of alkyl halides is 3. The van der Waals surface area contributed by atoms with Crippen LogP contribution in [0.25, 0.3) is 10.9 Å². The number of likely N-dealkylation sites (tertiary alicyclic amines) is 1. The number of H-pyrrole nitrogens is 1. The van der Waals surface area contributed by atoms with Crippen molar-refractivity contribution in [2.45, 2.75) is 19.0 Å². The van der Waals surface area contributed by atoms with E-state index in [9.17, 15) is 18.0 Å². The summed E-state index contributed by atoms with van der Waals surface area (Å²) < 4.78 is 46.2. The zero-order chi connectivity index (χ0) is 20.5. The van der Waals surface area contributed by atoms with Gasteiger partial charge in [-0.1, -0.05) is 0 Å². The number of fused-ring (bicyclic) bond motifs is 1. The average Bonchev–Trinajstić information content (AvgIpc) is 3.28. The van der Waals surface area contributed by atoms with E-state index in [-0.39, 0.29) is 53.8 Å². The molecule has 3 rings (SSSR count). The molecule has 0 aliphatic carbocycles. The number of nitrogens with two attached hydrogens (primary N) is 1. The Morgan fingerprint density at radius 2 is 1.90 bits per heavy atom. The van der Waals surface area contributed by atoms with Crippen LogP contribution in [0.2, 0.25) is 0 Å². The molecule has 4 N–H and O–H groups in total. The van der Waals surface area contributed by atoms with Crippen LogP contribution in [0.4, 0.5) is 13.2 Å². The summed E-state index contributed by atoms with van der Waals surface area (Å²) in [6, 6.07) is 3.51. The van der Waals surface area contributed by atoms with Gasteiger partial charge in [0, 0.05) is 25.0 Å². The number of guanidine groups is 1. The first-order valence-electron chi connectivity index (χ1n) is 8.88. The third kappa shape index (κ3) is 5.71. The molecular formula is C18H24Cl2F3N5O2. The van der Waals surface area contributed by atoms with E-state index in [2.05, 4.69) is 9.88 Å². The van der Waals surface area contributed by atoms with Crippen molar-refractivity contribution < 1.29 is 22.7 Å². The van der Waals surface area contributed by atoms with Gasteiger partial charge >= 0.3 is 6.18 Å². The highest BCUT2D eigenvalue weighted by molar-refractivity contribution is 6.06. The number of carbonyl (C=O) groups excluding carboxylic acids is 1. The molecule has 0 spiro atoms. The maximum Gasteiger partial charge on any atom is 0.417 e. The van der Waals surface area contributed by atoms with Gasteiger partial charge in [0.05, 0.1) is 11.1 Å². The molecule has 1 fully saturated rings. The van der Waals surface area contributed by atoms with E-state index in [0.29, 0.717) is 6.54 Å². The molecule has 7 nitrogen and oxygen atoms in total. The summed E-state index contributed by atoms with van der Waals surface area (Å²) in [4.78, 5) is 18.0. The first kappa shape index (κ1) is 25.9. The average molecular weight is 470 g/mol. The summed E-state index contributed by atoms with van der Waals surface area (Å²) >= 11 is 0. The minimum Gasteiger partial charge on any atom is -0.492 e. The predicted octanol–water partition coefficient (Wildman–Crippen LogP) is 3.47. The Kier molecular flexibility index (Phi) is 8.82. The van der Waals surface area contributed by atoms with Crippen molar-refractivity contribution in [3.8, 4) is 5.75 Å². The highest BCUT2D eigenvalue weighted by Crippen LogP contribution is 2.38. The van der Waals surface area contributed by atoms with E-state index in [1.54, 1.807) is 0 Å². The standard InChI is InChI=1S/C18H22F3N5O2.2ClH/c1-25(17(22)23)16(27)15-10-12-13(18(19,20)21)8-11(9-14(12)24-15)28-7-6-26-4-2-3-5-26;;/h8-10,24H,2-7H2,1H3,(H3,22,23);2*1H. The molecule has 1 saturated heterocycles. The molecule has 30 heavy (non-hydrogen) atoms. The van der Waals surface area contributed by atoms with Crippen LogP contribution in [0.5, 0.6) is 5.75 Å². The number of nitrogens with zero attached hydrogens (tertiary/aromatic N) is 2. The molecule has 1 amide bonds. The van der Waals surface area contributed by atoms with Crippen molar-refractivity contribution in [2.75, 3.05) is 33.3 Å². The number of rotatable bonds is 5. The molecule has 1 aliphatic rings. The Balaban J connectivity index is 0.00000225. The fourth-order valence-electron chi connectivity index (χ4n) is 3.23. The van der Waals surface area contributed by atoms with Crippen LogP contribution in [0.15, 0.2) is 18.2 Å². The van der Waals surface area contributed by atoms with Crippen LogP contribution in [0.1, 0.15) is 28.9 Å². The maximum absolute atomic E-state index is 13.5. The lowest BCUT2D eigenvalue weighted by molar-refractivity contribution is -0.136. The second-order valence-electron chi connectivity index (χ2n) is 6.76. The smallest absolute Gasteiger partial charge is 0.417 e. The van der Waals surface area contributed by atoms with Gasteiger partial charge in [0.1, 0.15) is 18.1 Å². The first-order chi connectivity index (χ1) is 13.2. The number of hydrogen-bond acceptors (Lipinski definition) is 4. The van der Waals surface area contributed by atoms with Crippen LogP contribution in [0, 0.1) is 5.41 Å². The molecule has 12 heteroatoms. The number of benzene rings is 1. The Hall–Kier alpha value is -2.17. The summed E-state index contributed by atoms with van der Waals surface area (Å²) in [7, 11) is 1.27. The van der Waals surface area contributed by atoms with E-state index in [1.807, 2.05) is 0 Å². The largest absolute Gasteiger partial charge is 0.492 e. The minimum absolute atomic E-state index is 0. The zero-order valence-corrected chi connectivity index (χ0v) is 17.8. The lowest BCUT2D eigenvalue weighted by atomic mass is 10.1. The van der Waals surface area contributed by atoms with E-state index < -0.39 is 23.6 Å². The normalized spacial score (nSPS) is 14.1. The number of halogens is 5. The molecule has 1 aromatic carbocycles. The minimum atomic E-state index is -4.61. The van der Waals surface area contributed by atoms with Crippen LogP contribution in [-0.4, -0.2) is 59.9 Å². The molecule has 1 aliphatic heterocycles. The SMILES string of the molecule is CN(C(=N)N)C(=O)c1cc2c(C(F)(F)F)cc(OCCN3CCCC3)cc2[nH]1.Cl.Cl. The monoisotopic (exact) mass is 469 g/mol. The Bertz CT molecular complexity index is 898. The number of hydrogen-bond donors (Lipinski definition) is 3. The van der Waals surface area contributed by atoms with Gasteiger partial charge in [-0.15, -0.1) is 24.8 Å². The van der Waals surface area contributed by atoms with Gasteiger partial charge in [-0.3, -0.25) is 20.0 Å². The first-order valence-corrected chi connectivity index (χ1v) is 8.88. The van der Waals surface area contributed by atoms with Crippen LogP contribution in [0.3, 0.4) is 0 Å². The van der Waals surface area contributed by atoms with Gasteiger partial charge in [-0.05, 0) is 38.1 Å². The molecule has 0 atom stereocenters. The summed E-state index contributed by atoms with van der Waals surface area (Å²) in [5.41, 5.74) is 4.42. The summed E-state index contributed by atoms with van der Waals surface area (Å²) in [5.74, 6) is -1.13. The lowest BCUT2D eigenvalue weighted by Gasteiger charge is -2.16. The summed E-state index contributed by atoms with van der Waals surface area (Å²) in [6.45, 7) is 2.88. The molecule has 0 radical (unpaired) electrons. The van der Waals surface area contributed by atoms with Crippen molar-refractivity contribution in [3.63, 3.8) is 0 Å². The van der Waals surface area contributed by atoms with E-state index in [4.69, 9.17) is 15.9 Å². The Labute approximate surface area is 184 Å². The molecule has 2 heterocycles. The van der Waals surface area contributed by atoms with Crippen molar-refractivity contribution >= 4 is 47.6 Å². The molecule has 0 unspecified atom stereocenters. The highest BCUT2D eigenvalue weighted by Gasteiger charge is 2.34. The number of ether oxygens (including phenoxy) is 1. The zero-order valence-electron chi connectivity index (χ0n) is 16.2. The summed E-state index contributed by atoms with van der Waals surface area (Å²) in [6.07, 6.45) is -2.36. The van der Waals surface area contributed by atoms with Gasteiger partial charge in [-0.25, -0.2) is 0 Å². The van der Waals surface area contributed by atoms with E-state index in [0.717, 1.165) is 43.0 Å². The van der Waals surface area contributed by atoms with Gasteiger partial charge in [0.2, 0.25) is 0 Å². The topological polar surface area (TPSA) is 98.4 Å². The Morgan fingerprint density at radius 3 is 2.47 bits per heavy atom. The van der Waals surface area contributed by atoms with E-state index >= 15 is 0 Å². The second kappa shape index (κ2) is 10.2. The van der Waals surface area contributed by atoms with E-state index in [1.165, 1.54) is 13.1 Å². The third-order valence-electron chi connectivity index (χ3n) is 4.79. The van der Waals surface area contributed by atoms with Crippen LogP contribution >= 0.6 is 24.8 Å². The van der Waals surface area contributed by atoms with Gasteiger partial charge in [-0.2, -0.15) is 13.2 Å². The van der Waals surface area contributed by atoms with Crippen molar-refractivity contribution in [1.29, 1.82) is 5.41 Å². The molecule has 0 bridgehead atoms. The van der Waals surface area contributed by atoms with Gasteiger partial charge in [0.15, 0.2) is 5.96 Å². The Morgan fingerprint density at radius 1 is 1.27 bits per heavy atom. The maximum atomic E-state index is 13.5. The third-order valence-corrected chi connectivity index (χ3v) is 4.79. The van der Waals surface area contributed by atoms with Crippen molar-refractivity contribution in [3.05, 3.63) is 29.5 Å². The number of amides is 1. The molecule has 2 aromatic rings. The molecule has 168 valence electrons. The van der Waals surface area contributed by atoms with Crippen molar-refractivity contribution in [1.82, 2.24) is 14.8 Å². The highest BCUT2D eigenvalue weighted by atomic mass is 35.5. The fourth-order valence-corrected chi connectivity index (χ4v) is 3.23. The number of aromatic amines is 1. The second-order valence-corrected chi connectivity index (χ2v) is 6.76. The van der Waals surface area contributed by atoms with Gasteiger partial charge in [0.25, 0.3) is 5.91 Å². The van der Waals surface area contributed by atoms with Crippen LogP contribution < -0.4 is 10.5 Å². The fraction of sp³-hybridized carbons (Fsp3) is 0.444. The molecule has 0 saturated carbocycles. The lowest BCUT2D eigenvalue weighted by Crippen LogP contribution is -2.38. The number of aromatic nitrogens is 1. The number of carbonyl (C=O) groups is 1. The predicted molar refractivity (Wildman–Crippen MR) is 113 cm³/mol.